The summed E-state index contributed by atoms with van der Waals surface area (Å²) in [5, 5.41) is 3.77. The van der Waals surface area contributed by atoms with Crippen LogP contribution in [0.2, 0.25) is 0 Å². The minimum atomic E-state index is -3.63. The smallest absolute Gasteiger partial charge is 0.248 e. The molecule has 0 unspecified atom stereocenters. The van der Waals surface area contributed by atoms with Gasteiger partial charge in [0, 0.05) is 39.3 Å². The van der Waals surface area contributed by atoms with E-state index in [2.05, 4.69) is 23.9 Å². The van der Waals surface area contributed by atoms with Crippen LogP contribution in [0.3, 0.4) is 0 Å². The molecule has 28 heavy (non-hydrogen) atoms. The summed E-state index contributed by atoms with van der Waals surface area (Å²) < 4.78 is 32.4. The number of hydrogen-bond donors (Lipinski definition) is 0. The van der Waals surface area contributed by atoms with E-state index in [9.17, 15) is 13.2 Å². The molecule has 0 radical (unpaired) electrons. The molecule has 1 aromatic heterocycles. The van der Waals surface area contributed by atoms with Crippen molar-refractivity contribution in [1.29, 1.82) is 0 Å². The molecule has 2 aliphatic heterocycles. The number of piperidine rings is 1. The third-order valence-electron chi connectivity index (χ3n) is 5.92. The maximum absolute atomic E-state index is 13.0. The lowest BCUT2D eigenvalue weighted by Gasteiger charge is -2.41. The van der Waals surface area contributed by atoms with E-state index in [1.807, 2.05) is 11.8 Å². The van der Waals surface area contributed by atoms with Gasteiger partial charge in [-0.25, -0.2) is 8.42 Å². The lowest BCUT2D eigenvalue weighted by atomic mass is 9.91. The van der Waals surface area contributed by atoms with Crippen LogP contribution in [0, 0.1) is 25.7 Å². The molecule has 1 amide bonds. The van der Waals surface area contributed by atoms with Crippen LogP contribution in [0.4, 0.5) is 0 Å². The van der Waals surface area contributed by atoms with Crippen molar-refractivity contribution < 1.29 is 17.7 Å². The van der Waals surface area contributed by atoms with Crippen LogP contribution in [-0.4, -0.2) is 78.9 Å². The first-order valence-electron chi connectivity index (χ1n) is 10.1. The van der Waals surface area contributed by atoms with E-state index in [0.29, 0.717) is 49.5 Å². The second kappa shape index (κ2) is 8.12. The van der Waals surface area contributed by atoms with Gasteiger partial charge < -0.3 is 9.42 Å². The summed E-state index contributed by atoms with van der Waals surface area (Å²) in [5.74, 6) is 1.52. The number of sulfonamides is 1. The van der Waals surface area contributed by atoms with E-state index in [0.717, 1.165) is 19.5 Å². The van der Waals surface area contributed by atoms with Crippen LogP contribution < -0.4 is 0 Å². The monoisotopic (exact) mass is 412 g/mol. The second-order valence-electron chi connectivity index (χ2n) is 8.46. The van der Waals surface area contributed by atoms with Gasteiger partial charge in [-0.15, -0.1) is 0 Å². The van der Waals surface area contributed by atoms with Gasteiger partial charge in [-0.3, -0.25) is 9.69 Å². The average molecular weight is 413 g/mol. The van der Waals surface area contributed by atoms with E-state index in [-0.39, 0.29) is 16.8 Å². The molecule has 0 N–H and O–H groups in total. The minimum absolute atomic E-state index is 0.153. The lowest BCUT2D eigenvalue weighted by Crippen LogP contribution is -2.56. The Hall–Kier alpha value is -1.45. The number of aromatic nitrogens is 1. The quantitative estimate of drug-likeness (QED) is 0.745. The van der Waals surface area contributed by atoms with Crippen LogP contribution in [-0.2, 0) is 14.8 Å². The molecule has 2 saturated heterocycles. The van der Waals surface area contributed by atoms with E-state index < -0.39 is 10.0 Å². The van der Waals surface area contributed by atoms with Crippen LogP contribution in [0.25, 0.3) is 0 Å². The van der Waals surface area contributed by atoms with Crippen molar-refractivity contribution in [2.75, 3.05) is 39.3 Å². The zero-order chi connectivity index (χ0) is 20.6. The number of aryl methyl sites for hydroxylation is 2. The molecule has 158 valence electrons. The molecular weight excluding hydrogens is 380 g/mol. The normalized spacial score (nSPS) is 26.4. The molecule has 0 aromatic carbocycles. The Kier molecular flexibility index (Phi) is 6.17. The van der Waals surface area contributed by atoms with Crippen molar-refractivity contribution in [3.05, 3.63) is 11.5 Å². The number of amides is 1. The number of piperazine rings is 1. The highest BCUT2D eigenvalue weighted by atomic mass is 32.2. The molecule has 0 aliphatic carbocycles. The largest absolute Gasteiger partial charge is 0.360 e. The Balaban J connectivity index is 1.62. The number of hydrogen-bond acceptors (Lipinski definition) is 6. The molecule has 9 heteroatoms. The number of rotatable bonds is 4. The summed E-state index contributed by atoms with van der Waals surface area (Å²) in [6.07, 6.45) is 1.16. The first-order valence-corrected chi connectivity index (χ1v) is 11.5. The first kappa shape index (κ1) is 21.3. The van der Waals surface area contributed by atoms with E-state index in [4.69, 9.17) is 4.52 Å². The number of carbonyl (C=O) groups excluding carboxylic acids is 1. The zero-order valence-electron chi connectivity index (χ0n) is 17.5. The molecule has 3 heterocycles. The van der Waals surface area contributed by atoms with Crippen molar-refractivity contribution in [1.82, 2.24) is 19.3 Å². The SMILES string of the molecule is Cc1noc(C)c1S(=O)(=O)N1CCN([C@H](C)C(=O)N2C[C@H](C)C[C@H](C)C2)CC1. The molecule has 2 aliphatic rings. The van der Waals surface area contributed by atoms with Gasteiger partial charge in [-0.2, -0.15) is 4.31 Å². The molecule has 0 spiro atoms. The van der Waals surface area contributed by atoms with Gasteiger partial charge in [-0.05, 0) is 39.0 Å². The summed E-state index contributed by atoms with van der Waals surface area (Å²) >= 11 is 0. The van der Waals surface area contributed by atoms with Gasteiger partial charge in [0.25, 0.3) is 0 Å². The van der Waals surface area contributed by atoms with E-state index >= 15 is 0 Å². The lowest BCUT2D eigenvalue weighted by molar-refractivity contribution is -0.139. The topological polar surface area (TPSA) is 87.0 Å². The third kappa shape index (κ3) is 4.11. The van der Waals surface area contributed by atoms with Crippen LogP contribution in [0.5, 0.6) is 0 Å². The van der Waals surface area contributed by atoms with Gasteiger partial charge >= 0.3 is 0 Å². The van der Waals surface area contributed by atoms with Gasteiger partial charge in [0.1, 0.15) is 10.6 Å². The molecule has 1 aromatic rings. The summed E-state index contributed by atoms with van der Waals surface area (Å²) in [7, 11) is -3.63. The van der Waals surface area contributed by atoms with Crippen LogP contribution in [0.1, 0.15) is 38.6 Å². The Bertz CT molecular complexity index is 784. The maximum atomic E-state index is 13.0. The highest BCUT2D eigenvalue weighted by Gasteiger charge is 2.36. The van der Waals surface area contributed by atoms with E-state index in [1.54, 1.807) is 13.8 Å². The predicted molar refractivity (Wildman–Crippen MR) is 105 cm³/mol. The molecule has 2 fully saturated rings. The van der Waals surface area contributed by atoms with Crippen molar-refractivity contribution in [3.8, 4) is 0 Å². The summed E-state index contributed by atoms with van der Waals surface area (Å²) in [6, 6.07) is -0.235. The molecular formula is C19H32N4O4S. The Morgan fingerprint density at radius 2 is 1.68 bits per heavy atom. The van der Waals surface area contributed by atoms with Crippen LogP contribution in [0.15, 0.2) is 9.42 Å². The van der Waals surface area contributed by atoms with Crippen molar-refractivity contribution in [2.45, 2.75) is 52.0 Å². The van der Waals surface area contributed by atoms with Gasteiger partial charge in [-0.1, -0.05) is 19.0 Å². The number of likely N-dealkylation sites (tertiary alicyclic amines) is 1. The second-order valence-corrected chi connectivity index (χ2v) is 10.3. The minimum Gasteiger partial charge on any atom is -0.360 e. The van der Waals surface area contributed by atoms with Gasteiger partial charge in [0.2, 0.25) is 15.9 Å². The molecule has 0 saturated carbocycles. The average Bonchev–Trinajstić information content (AvgIpc) is 2.98. The first-order chi connectivity index (χ1) is 13.1. The Morgan fingerprint density at radius 1 is 1.11 bits per heavy atom. The Labute approximate surface area is 167 Å². The fourth-order valence-electron chi connectivity index (χ4n) is 4.57. The fourth-order valence-corrected chi connectivity index (χ4v) is 6.28. The highest BCUT2D eigenvalue weighted by molar-refractivity contribution is 7.89. The summed E-state index contributed by atoms with van der Waals surface area (Å²) in [5.41, 5.74) is 0.386. The van der Waals surface area contributed by atoms with Gasteiger partial charge in [0.05, 0.1) is 6.04 Å². The molecule has 0 bridgehead atoms. The Morgan fingerprint density at radius 3 is 2.18 bits per heavy atom. The number of nitrogens with zero attached hydrogens (tertiary/aromatic N) is 4. The molecule has 3 rings (SSSR count). The summed E-state index contributed by atoms with van der Waals surface area (Å²) in [6.45, 7) is 13.0. The summed E-state index contributed by atoms with van der Waals surface area (Å²) in [4.78, 5) is 17.2. The number of carbonyl (C=O) groups is 1. The molecule has 3 atom stereocenters. The maximum Gasteiger partial charge on any atom is 0.248 e. The van der Waals surface area contributed by atoms with Crippen LogP contribution >= 0.6 is 0 Å². The zero-order valence-corrected chi connectivity index (χ0v) is 18.3. The van der Waals surface area contributed by atoms with E-state index in [1.165, 1.54) is 4.31 Å². The highest BCUT2D eigenvalue weighted by Crippen LogP contribution is 2.25. The van der Waals surface area contributed by atoms with Crippen molar-refractivity contribution in [3.63, 3.8) is 0 Å². The standard InChI is InChI=1S/C19H32N4O4S/c1-13-10-14(2)12-22(11-13)19(24)16(4)21-6-8-23(9-7-21)28(25,26)18-15(3)20-27-17(18)5/h13-14,16H,6-12H2,1-5H3/t13-,14+,16-/m1/s1. The predicted octanol–water partition coefficient (Wildman–Crippen LogP) is 1.49. The van der Waals surface area contributed by atoms with Crippen molar-refractivity contribution in [2.24, 2.45) is 11.8 Å². The molecule has 8 nitrogen and oxygen atoms in total. The van der Waals surface area contributed by atoms with Gasteiger partial charge in [0.15, 0.2) is 5.76 Å². The third-order valence-corrected chi connectivity index (χ3v) is 8.07. The van der Waals surface area contributed by atoms with Crippen molar-refractivity contribution >= 4 is 15.9 Å². The fraction of sp³-hybridized carbons (Fsp3) is 0.789.